The molecule has 1 heterocycles. The van der Waals surface area contributed by atoms with Gasteiger partial charge in [0.1, 0.15) is 12.1 Å². The molecular weight excluding hydrogens is 379 g/mol. The smallest absolute Gasteiger partial charge is 0.250 e. The second-order valence-corrected chi connectivity index (χ2v) is 7.66. The van der Waals surface area contributed by atoms with Crippen LogP contribution in [0.1, 0.15) is 34.1 Å². The number of amides is 2. The van der Waals surface area contributed by atoms with Gasteiger partial charge in [0.2, 0.25) is 5.91 Å². The maximum Gasteiger partial charge on any atom is 0.250 e. The summed E-state index contributed by atoms with van der Waals surface area (Å²) < 4.78 is 1.10. The van der Waals surface area contributed by atoms with E-state index >= 15 is 0 Å². The van der Waals surface area contributed by atoms with Crippen LogP contribution in [-0.4, -0.2) is 23.9 Å². The number of carbonyl (C=O) groups is 2. The van der Waals surface area contributed by atoms with Gasteiger partial charge in [-0.05, 0) is 58.7 Å². The number of hydrogen-bond donors (Lipinski definition) is 1. The van der Waals surface area contributed by atoms with Crippen LogP contribution in [0.15, 0.2) is 24.3 Å². The first-order chi connectivity index (χ1) is 9.75. The number of halogens is 1. The Morgan fingerprint density at radius 2 is 1.76 bits per heavy atom. The number of anilines is 1. The van der Waals surface area contributed by atoms with E-state index in [9.17, 15) is 9.59 Å². The largest absolute Gasteiger partial charge is 0.342 e. The van der Waals surface area contributed by atoms with Crippen molar-refractivity contribution in [3.8, 4) is 0 Å². The van der Waals surface area contributed by atoms with Gasteiger partial charge < -0.3 is 5.32 Å². The first-order valence-corrected chi connectivity index (χ1v) is 8.22. The van der Waals surface area contributed by atoms with Crippen molar-refractivity contribution in [1.29, 1.82) is 0 Å². The monoisotopic (exact) mass is 400 g/mol. The predicted octanol–water partition coefficient (Wildman–Crippen LogP) is 2.95. The molecule has 0 aromatic heterocycles. The fraction of sp³-hybridized carbons (Fsp3) is 0.500. The Kier molecular flexibility index (Phi) is 4.60. The number of carbonyl (C=O) groups excluding carboxylic acids is 2. The lowest BCUT2D eigenvalue weighted by Gasteiger charge is -2.43. The summed E-state index contributed by atoms with van der Waals surface area (Å²) in [5.41, 5.74) is 0.476. The van der Waals surface area contributed by atoms with E-state index in [1.807, 2.05) is 52.0 Å². The fourth-order valence-electron chi connectivity index (χ4n) is 2.57. The van der Waals surface area contributed by atoms with Crippen LogP contribution < -0.4 is 10.2 Å². The van der Waals surface area contributed by atoms with Crippen molar-refractivity contribution in [2.75, 3.05) is 4.90 Å². The summed E-state index contributed by atoms with van der Waals surface area (Å²) in [6, 6.07) is 6.79. The molecule has 0 bridgehead atoms. The molecule has 2 unspecified atom stereocenters. The van der Waals surface area contributed by atoms with Crippen LogP contribution >= 0.6 is 22.6 Å². The van der Waals surface area contributed by atoms with Crippen LogP contribution in [0.2, 0.25) is 0 Å². The lowest BCUT2D eigenvalue weighted by molar-refractivity contribution is -0.136. The van der Waals surface area contributed by atoms with E-state index in [1.165, 1.54) is 0 Å². The topological polar surface area (TPSA) is 49.4 Å². The molecule has 1 aromatic rings. The first-order valence-electron chi connectivity index (χ1n) is 7.14. The summed E-state index contributed by atoms with van der Waals surface area (Å²) in [7, 11) is 0. The SMILES string of the molecule is CCC1C(=O)NC(C(C)(C)C)C(=O)N1c1ccc(I)cc1. The molecule has 4 nitrogen and oxygen atoms in total. The molecule has 114 valence electrons. The van der Waals surface area contributed by atoms with Crippen molar-refractivity contribution in [2.45, 2.75) is 46.2 Å². The van der Waals surface area contributed by atoms with Gasteiger partial charge in [0.25, 0.3) is 5.91 Å². The predicted molar refractivity (Wildman–Crippen MR) is 92.1 cm³/mol. The van der Waals surface area contributed by atoms with Gasteiger partial charge in [-0.1, -0.05) is 27.7 Å². The van der Waals surface area contributed by atoms with Crippen molar-refractivity contribution in [3.05, 3.63) is 27.8 Å². The van der Waals surface area contributed by atoms with Gasteiger partial charge in [0.15, 0.2) is 0 Å². The Morgan fingerprint density at radius 3 is 2.24 bits per heavy atom. The zero-order valence-corrected chi connectivity index (χ0v) is 15.0. The second kappa shape index (κ2) is 5.94. The van der Waals surface area contributed by atoms with E-state index in [-0.39, 0.29) is 17.2 Å². The van der Waals surface area contributed by atoms with Gasteiger partial charge >= 0.3 is 0 Å². The third-order valence-electron chi connectivity index (χ3n) is 3.74. The maximum atomic E-state index is 12.9. The Labute approximate surface area is 139 Å². The molecule has 1 saturated heterocycles. The van der Waals surface area contributed by atoms with Crippen molar-refractivity contribution in [3.63, 3.8) is 0 Å². The summed E-state index contributed by atoms with van der Waals surface area (Å²) in [6.07, 6.45) is 0.598. The standard InChI is InChI=1S/C16H21IN2O2/c1-5-12-14(20)18-13(16(2,3)4)15(21)19(12)11-8-6-10(17)7-9-11/h6-9,12-13H,5H2,1-4H3,(H,18,20). The quantitative estimate of drug-likeness (QED) is 0.777. The number of nitrogens with zero attached hydrogens (tertiary/aromatic N) is 1. The Bertz CT molecular complexity index is 548. The molecule has 1 aliphatic rings. The molecule has 0 aliphatic carbocycles. The molecule has 1 aliphatic heterocycles. The molecule has 2 amide bonds. The molecule has 0 radical (unpaired) electrons. The fourth-order valence-corrected chi connectivity index (χ4v) is 2.93. The molecule has 1 N–H and O–H groups in total. The zero-order chi connectivity index (χ0) is 15.8. The minimum atomic E-state index is -0.493. The second-order valence-electron chi connectivity index (χ2n) is 6.42. The van der Waals surface area contributed by atoms with Gasteiger partial charge in [-0.25, -0.2) is 0 Å². The van der Waals surface area contributed by atoms with E-state index in [0.29, 0.717) is 6.42 Å². The Morgan fingerprint density at radius 1 is 1.19 bits per heavy atom. The summed E-state index contributed by atoms with van der Waals surface area (Å²) in [5.74, 6) is -0.106. The van der Waals surface area contributed by atoms with Gasteiger partial charge in [-0.3, -0.25) is 14.5 Å². The van der Waals surface area contributed by atoms with Gasteiger partial charge in [0.05, 0.1) is 0 Å². The number of hydrogen-bond acceptors (Lipinski definition) is 2. The highest BCUT2D eigenvalue weighted by Gasteiger charge is 2.45. The lowest BCUT2D eigenvalue weighted by atomic mass is 9.83. The molecule has 21 heavy (non-hydrogen) atoms. The summed E-state index contributed by atoms with van der Waals surface area (Å²) >= 11 is 2.23. The molecule has 1 aromatic carbocycles. The van der Waals surface area contributed by atoms with Gasteiger partial charge in [-0.2, -0.15) is 0 Å². The maximum absolute atomic E-state index is 12.9. The highest BCUT2D eigenvalue weighted by molar-refractivity contribution is 14.1. The van der Waals surface area contributed by atoms with Crippen molar-refractivity contribution in [1.82, 2.24) is 5.32 Å². The van der Waals surface area contributed by atoms with Crippen LogP contribution in [0.4, 0.5) is 5.69 Å². The third kappa shape index (κ3) is 3.22. The van der Waals surface area contributed by atoms with E-state index < -0.39 is 12.1 Å². The lowest BCUT2D eigenvalue weighted by Crippen LogP contribution is -2.66. The van der Waals surface area contributed by atoms with Gasteiger partial charge in [0, 0.05) is 9.26 Å². The normalized spacial score (nSPS) is 23.2. The molecule has 2 rings (SSSR count). The van der Waals surface area contributed by atoms with E-state index in [4.69, 9.17) is 0 Å². The van der Waals surface area contributed by atoms with Gasteiger partial charge in [-0.15, -0.1) is 0 Å². The average molecular weight is 400 g/mol. The molecule has 1 fully saturated rings. The number of rotatable bonds is 2. The highest BCUT2D eigenvalue weighted by Crippen LogP contribution is 2.30. The molecule has 2 atom stereocenters. The molecule has 0 spiro atoms. The van der Waals surface area contributed by atoms with E-state index in [2.05, 4.69) is 27.9 Å². The number of nitrogens with one attached hydrogen (secondary N) is 1. The molecule has 5 heteroatoms. The van der Waals surface area contributed by atoms with Crippen molar-refractivity contribution >= 4 is 40.1 Å². The summed E-state index contributed by atoms with van der Waals surface area (Å²) in [4.78, 5) is 26.9. The zero-order valence-electron chi connectivity index (χ0n) is 12.8. The third-order valence-corrected chi connectivity index (χ3v) is 4.46. The van der Waals surface area contributed by atoms with E-state index in [0.717, 1.165) is 9.26 Å². The van der Waals surface area contributed by atoms with Crippen molar-refractivity contribution < 1.29 is 9.59 Å². The van der Waals surface area contributed by atoms with Crippen molar-refractivity contribution in [2.24, 2.45) is 5.41 Å². The first kappa shape index (κ1) is 16.3. The van der Waals surface area contributed by atoms with E-state index in [1.54, 1.807) is 4.90 Å². The number of benzene rings is 1. The molecule has 0 saturated carbocycles. The van der Waals surface area contributed by atoms with Crippen LogP contribution in [0.25, 0.3) is 0 Å². The van der Waals surface area contributed by atoms with Crippen LogP contribution in [0.3, 0.4) is 0 Å². The minimum Gasteiger partial charge on any atom is -0.342 e. The highest BCUT2D eigenvalue weighted by atomic mass is 127. The summed E-state index contributed by atoms with van der Waals surface area (Å²) in [5, 5.41) is 2.89. The molecular formula is C16H21IN2O2. The average Bonchev–Trinajstić information content (AvgIpc) is 2.40. The van der Waals surface area contributed by atoms with Crippen LogP contribution in [0.5, 0.6) is 0 Å². The Hall–Kier alpha value is -1.11. The minimum absolute atomic E-state index is 0.0323. The van der Waals surface area contributed by atoms with Crippen LogP contribution in [0, 0.1) is 8.99 Å². The van der Waals surface area contributed by atoms with Crippen LogP contribution in [-0.2, 0) is 9.59 Å². The number of piperazine rings is 1. The summed E-state index contributed by atoms with van der Waals surface area (Å²) in [6.45, 7) is 7.82. The Balaban J connectivity index is 2.44.